The van der Waals surface area contributed by atoms with Crippen LogP contribution in [0.1, 0.15) is 16.7 Å². The van der Waals surface area contributed by atoms with Gasteiger partial charge in [0.15, 0.2) is 0 Å². The maximum atomic E-state index is 13.8. The van der Waals surface area contributed by atoms with Crippen molar-refractivity contribution in [3.8, 4) is 0 Å². The molecule has 0 saturated heterocycles. The first kappa shape index (κ1) is 16.8. The summed E-state index contributed by atoms with van der Waals surface area (Å²) in [6.45, 7) is 0. The van der Waals surface area contributed by atoms with Gasteiger partial charge < -0.3 is 5.73 Å². The quantitative estimate of drug-likeness (QED) is 0.718. The normalized spacial score (nSPS) is 11.3. The van der Waals surface area contributed by atoms with E-state index in [4.69, 9.17) is 5.73 Å². The number of hydrogen-bond acceptors (Lipinski definition) is 1. The van der Waals surface area contributed by atoms with Crippen LogP contribution in [0.15, 0.2) is 72.8 Å². The number of benzene rings is 3. The first-order chi connectivity index (χ1) is 11.9. The van der Waals surface area contributed by atoms with Crippen LogP contribution in [0.5, 0.6) is 0 Å². The number of nitrogens with two attached hydrogens (primary N) is 1. The van der Waals surface area contributed by atoms with Crippen LogP contribution in [0.25, 0.3) is 0 Å². The van der Waals surface area contributed by atoms with Crippen LogP contribution in [-0.4, -0.2) is 5.91 Å². The predicted molar refractivity (Wildman–Crippen MR) is 88.3 cm³/mol. The summed E-state index contributed by atoms with van der Waals surface area (Å²) in [5.41, 5.74) is 4.86. The molecular formula is C20H14F3NO. The highest BCUT2D eigenvalue weighted by Gasteiger charge is 2.42. The van der Waals surface area contributed by atoms with Gasteiger partial charge >= 0.3 is 0 Å². The summed E-state index contributed by atoms with van der Waals surface area (Å²) in [5, 5.41) is 0. The number of amides is 1. The Morgan fingerprint density at radius 1 is 0.680 bits per heavy atom. The highest BCUT2D eigenvalue weighted by atomic mass is 19.1. The summed E-state index contributed by atoms with van der Waals surface area (Å²) in [4.78, 5) is 12.6. The standard InChI is InChI=1S/C20H14F3NO/c21-16-9-7-13(8-10-16)20(19(24)25,14-3-1-5-17(22)11-14)15-4-2-6-18(23)12-15/h1-12H,(H2,24,25). The molecule has 0 spiro atoms. The third-order valence-corrected chi connectivity index (χ3v) is 4.16. The SMILES string of the molecule is NC(=O)C(c1ccc(F)cc1)(c1cccc(F)c1)c1cccc(F)c1. The van der Waals surface area contributed by atoms with Crippen molar-refractivity contribution in [1.82, 2.24) is 0 Å². The van der Waals surface area contributed by atoms with Gasteiger partial charge in [0, 0.05) is 0 Å². The Kier molecular flexibility index (Phi) is 4.31. The van der Waals surface area contributed by atoms with Crippen molar-refractivity contribution in [3.05, 3.63) is 107 Å². The van der Waals surface area contributed by atoms with E-state index in [-0.39, 0.29) is 11.1 Å². The molecule has 1 amide bonds. The molecular weight excluding hydrogens is 327 g/mol. The molecule has 0 aliphatic carbocycles. The van der Waals surface area contributed by atoms with Crippen molar-refractivity contribution < 1.29 is 18.0 Å². The van der Waals surface area contributed by atoms with Gasteiger partial charge in [-0.2, -0.15) is 0 Å². The van der Waals surface area contributed by atoms with Crippen molar-refractivity contribution in [3.63, 3.8) is 0 Å². The molecule has 0 fully saturated rings. The van der Waals surface area contributed by atoms with Gasteiger partial charge in [0.2, 0.25) is 5.91 Å². The molecule has 25 heavy (non-hydrogen) atoms. The van der Waals surface area contributed by atoms with E-state index in [2.05, 4.69) is 0 Å². The lowest BCUT2D eigenvalue weighted by Crippen LogP contribution is -2.43. The number of carbonyl (C=O) groups excluding carboxylic acids is 1. The number of halogens is 3. The smallest absolute Gasteiger partial charge is 0.237 e. The van der Waals surface area contributed by atoms with Gasteiger partial charge in [0.05, 0.1) is 0 Å². The average Bonchev–Trinajstić information content (AvgIpc) is 2.57. The molecule has 3 aromatic carbocycles. The van der Waals surface area contributed by atoms with Crippen LogP contribution in [-0.2, 0) is 10.2 Å². The first-order valence-electron chi connectivity index (χ1n) is 7.52. The molecule has 0 saturated carbocycles. The monoisotopic (exact) mass is 341 g/mol. The summed E-state index contributed by atoms with van der Waals surface area (Å²) in [6.07, 6.45) is 0. The van der Waals surface area contributed by atoms with Gasteiger partial charge in [-0.15, -0.1) is 0 Å². The minimum Gasteiger partial charge on any atom is -0.368 e. The second-order valence-corrected chi connectivity index (χ2v) is 5.64. The lowest BCUT2D eigenvalue weighted by molar-refractivity contribution is -0.120. The van der Waals surface area contributed by atoms with Gasteiger partial charge in [-0.1, -0.05) is 36.4 Å². The molecule has 3 rings (SSSR count). The molecule has 0 aliphatic heterocycles. The van der Waals surface area contributed by atoms with E-state index in [1.54, 1.807) is 0 Å². The molecule has 0 unspecified atom stereocenters. The summed E-state index contributed by atoms with van der Waals surface area (Å²) >= 11 is 0. The molecule has 126 valence electrons. The van der Waals surface area contributed by atoms with Crippen molar-refractivity contribution in [2.45, 2.75) is 5.41 Å². The highest BCUT2D eigenvalue weighted by molar-refractivity contribution is 5.95. The average molecular weight is 341 g/mol. The number of rotatable bonds is 4. The Bertz CT molecular complexity index is 877. The Balaban J connectivity index is 2.40. The Morgan fingerprint density at radius 3 is 1.56 bits per heavy atom. The van der Waals surface area contributed by atoms with Gasteiger partial charge in [-0.25, -0.2) is 13.2 Å². The molecule has 0 aromatic heterocycles. The molecule has 3 aromatic rings. The maximum absolute atomic E-state index is 13.8. The van der Waals surface area contributed by atoms with E-state index >= 15 is 0 Å². The fourth-order valence-electron chi connectivity index (χ4n) is 3.07. The molecule has 0 aliphatic rings. The minimum absolute atomic E-state index is 0.234. The van der Waals surface area contributed by atoms with Crippen LogP contribution >= 0.6 is 0 Å². The molecule has 2 nitrogen and oxygen atoms in total. The van der Waals surface area contributed by atoms with Crippen LogP contribution in [0.2, 0.25) is 0 Å². The summed E-state index contributed by atoms with van der Waals surface area (Å²) in [7, 11) is 0. The van der Waals surface area contributed by atoms with E-state index in [0.717, 1.165) is 0 Å². The third kappa shape index (κ3) is 2.89. The van der Waals surface area contributed by atoms with E-state index in [0.29, 0.717) is 5.56 Å². The van der Waals surface area contributed by atoms with Crippen molar-refractivity contribution in [2.24, 2.45) is 5.73 Å². The summed E-state index contributed by atoms with van der Waals surface area (Å²) in [6, 6.07) is 15.8. The lowest BCUT2D eigenvalue weighted by atomic mass is 9.69. The zero-order valence-corrected chi connectivity index (χ0v) is 13.0. The molecule has 0 heterocycles. The van der Waals surface area contributed by atoms with E-state index < -0.39 is 28.8 Å². The minimum atomic E-state index is -1.65. The molecule has 0 atom stereocenters. The number of carbonyl (C=O) groups is 1. The lowest BCUT2D eigenvalue weighted by Gasteiger charge is -2.32. The van der Waals surface area contributed by atoms with Gasteiger partial charge in [0.25, 0.3) is 0 Å². The molecule has 0 radical (unpaired) electrons. The van der Waals surface area contributed by atoms with Gasteiger partial charge in [-0.3, -0.25) is 4.79 Å². The first-order valence-corrected chi connectivity index (χ1v) is 7.52. The van der Waals surface area contributed by atoms with E-state index in [1.807, 2.05) is 0 Å². The van der Waals surface area contributed by atoms with E-state index in [9.17, 15) is 18.0 Å². The van der Waals surface area contributed by atoms with Crippen LogP contribution in [0.4, 0.5) is 13.2 Å². The zero-order chi connectivity index (χ0) is 18.0. The number of primary amides is 1. The fourth-order valence-corrected chi connectivity index (χ4v) is 3.07. The Hall–Kier alpha value is -3.08. The zero-order valence-electron chi connectivity index (χ0n) is 13.0. The predicted octanol–water partition coefficient (Wildman–Crippen LogP) is 3.92. The molecule has 2 N–H and O–H groups in total. The van der Waals surface area contributed by atoms with Crippen LogP contribution < -0.4 is 5.73 Å². The topological polar surface area (TPSA) is 43.1 Å². The maximum Gasteiger partial charge on any atom is 0.237 e. The van der Waals surface area contributed by atoms with Crippen LogP contribution in [0.3, 0.4) is 0 Å². The molecule has 5 heteroatoms. The third-order valence-electron chi connectivity index (χ3n) is 4.16. The van der Waals surface area contributed by atoms with Crippen LogP contribution in [0, 0.1) is 17.5 Å². The largest absolute Gasteiger partial charge is 0.368 e. The highest BCUT2D eigenvalue weighted by Crippen LogP contribution is 2.39. The van der Waals surface area contributed by atoms with Gasteiger partial charge in [0.1, 0.15) is 22.9 Å². The van der Waals surface area contributed by atoms with Crippen molar-refractivity contribution in [1.29, 1.82) is 0 Å². The Labute approximate surface area is 142 Å². The van der Waals surface area contributed by atoms with E-state index in [1.165, 1.54) is 72.8 Å². The van der Waals surface area contributed by atoms with Gasteiger partial charge in [-0.05, 0) is 53.1 Å². The Morgan fingerprint density at radius 2 is 1.16 bits per heavy atom. The summed E-state index contributed by atoms with van der Waals surface area (Å²) in [5.74, 6) is -2.46. The summed E-state index contributed by atoms with van der Waals surface area (Å²) < 4.78 is 41.1. The molecule has 0 bridgehead atoms. The van der Waals surface area contributed by atoms with Crippen molar-refractivity contribution in [2.75, 3.05) is 0 Å². The number of hydrogen-bond donors (Lipinski definition) is 1. The second kappa shape index (κ2) is 6.43. The van der Waals surface area contributed by atoms with Crippen molar-refractivity contribution >= 4 is 5.91 Å². The second-order valence-electron chi connectivity index (χ2n) is 5.64. The fraction of sp³-hybridized carbons (Fsp3) is 0.0500.